The van der Waals surface area contributed by atoms with E-state index in [4.69, 9.17) is 5.73 Å². The van der Waals surface area contributed by atoms with Crippen LogP contribution in [0.4, 0.5) is 5.95 Å². The molecule has 88 valence electrons. The zero-order valence-corrected chi connectivity index (χ0v) is 9.69. The van der Waals surface area contributed by atoms with Gasteiger partial charge in [-0.15, -0.1) is 10.2 Å². The van der Waals surface area contributed by atoms with Gasteiger partial charge in [0.05, 0.1) is 5.69 Å². The van der Waals surface area contributed by atoms with E-state index in [-0.39, 0.29) is 0 Å². The summed E-state index contributed by atoms with van der Waals surface area (Å²) in [6, 6.07) is 18.4. The molecule has 18 heavy (non-hydrogen) atoms. The van der Waals surface area contributed by atoms with Crippen molar-refractivity contribution in [3.8, 4) is 16.8 Å². The van der Waals surface area contributed by atoms with E-state index < -0.39 is 0 Å². The van der Waals surface area contributed by atoms with Crippen LogP contribution in [0.25, 0.3) is 16.8 Å². The molecule has 1 aromatic heterocycles. The van der Waals surface area contributed by atoms with Gasteiger partial charge in [0.1, 0.15) is 6.33 Å². The first-order chi connectivity index (χ1) is 8.84. The van der Waals surface area contributed by atoms with E-state index >= 15 is 0 Å². The molecule has 0 atom stereocenters. The molecule has 0 amide bonds. The minimum absolute atomic E-state index is 0.391. The van der Waals surface area contributed by atoms with Crippen molar-refractivity contribution in [2.75, 3.05) is 5.73 Å². The van der Waals surface area contributed by atoms with Gasteiger partial charge in [0.2, 0.25) is 5.95 Å². The zero-order valence-electron chi connectivity index (χ0n) is 9.69. The summed E-state index contributed by atoms with van der Waals surface area (Å²) in [6.45, 7) is 0. The average molecular weight is 236 g/mol. The monoisotopic (exact) mass is 236 g/mol. The van der Waals surface area contributed by atoms with Crippen molar-refractivity contribution in [1.82, 2.24) is 14.8 Å². The molecule has 1 heterocycles. The van der Waals surface area contributed by atoms with Crippen LogP contribution in [0.3, 0.4) is 0 Å². The largest absolute Gasteiger partial charge is 0.368 e. The number of benzene rings is 2. The number of nitrogens with zero attached hydrogens (tertiary/aromatic N) is 3. The highest BCUT2D eigenvalue weighted by atomic mass is 15.3. The Hall–Kier alpha value is -2.62. The highest BCUT2D eigenvalue weighted by Crippen LogP contribution is 2.21. The average Bonchev–Trinajstić information content (AvgIpc) is 2.86. The topological polar surface area (TPSA) is 56.7 Å². The quantitative estimate of drug-likeness (QED) is 0.743. The van der Waals surface area contributed by atoms with Crippen molar-refractivity contribution >= 4 is 5.95 Å². The van der Waals surface area contributed by atoms with E-state index in [1.165, 1.54) is 11.1 Å². The van der Waals surface area contributed by atoms with E-state index in [0.717, 1.165) is 5.69 Å². The van der Waals surface area contributed by atoms with Gasteiger partial charge in [-0.1, -0.05) is 42.5 Å². The van der Waals surface area contributed by atoms with Crippen LogP contribution in [0, 0.1) is 0 Å². The molecule has 0 aliphatic carbocycles. The van der Waals surface area contributed by atoms with Crippen LogP contribution in [0.1, 0.15) is 0 Å². The molecule has 0 bridgehead atoms. The fraction of sp³-hybridized carbons (Fsp3) is 0. The minimum Gasteiger partial charge on any atom is -0.368 e. The van der Waals surface area contributed by atoms with Crippen molar-refractivity contribution in [2.45, 2.75) is 0 Å². The van der Waals surface area contributed by atoms with Gasteiger partial charge < -0.3 is 5.73 Å². The van der Waals surface area contributed by atoms with Crippen LogP contribution in [0.5, 0.6) is 0 Å². The van der Waals surface area contributed by atoms with Crippen LogP contribution < -0.4 is 5.73 Å². The first kappa shape index (κ1) is 10.5. The fourth-order valence-electron chi connectivity index (χ4n) is 1.89. The lowest BCUT2D eigenvalue weighted by Gasteiger charge is -2.05. The smallest absolute Gasteiger partial charge is 0.226 e. The van der Waals surface area contributed by atoms with Gasteiger partial charge in [-0.05, 0) is 23.3 Å². The van der Waals surface area contributed by atoms with Crippen molar-refractivity contribution < 1.29 is 0 Å². The maximum absolute atomic E-state index is 5.71. The van der Waals surface area contributed by atoms with E-state index in [9.17, 15) is 0 Å². The Labute approximate surface area is 105 Å². The van der Waals surface area contributed by atoms with Crippen LogP contribution in [0.15, 0.2) is 60.9 Å². The second kappa shape index (κ2) is 4.33. The standard InChI is InChI=1S/C14H12N4/c15-14-17-16-10-18(14)13-8-6-12(7-9-13)11-4-2-1-3-5-11/h1-10H,(H2,15,17). The molecule has 3 aromatic rings. The Kier molecular flexibility index (Phi) is 2.53. The SMILES string of the molecule is Nc1nncn1-c1ccc(-c2ccccc2)cc1. The van der Waals surface area contributed by atoms with Crippen LogP contribution in [-0.2, 0) is 0 Å². The molecule has 0 saturated carbocycles. The van der Waals surface area contributed by atoms with E-state index in [2.05, 4.69) is 34.5 Å². The van der Waals surface area contributed by atoms with Gasteiger partial charge in [0.15, 0.2) is 0 Å². The Morgan fingerprint density at radius 1 is 0.833 bits per heavy atom. The molecule has 0 fully saturated rings. The number of hydrogen-bond acceptors (Lipinski definition) is 3. The van der Waals surface area contributed by atoms with Gasteiger partial charge in [0, 0.05) is 0 Å². The lowest BCUT2D eigenvalue weighted by atomic mass is 10.1. The summed E-state index contributed by atoms with van der Waals surface area (Å²) >= 11 is 0. The Morgan fingerprint density at radius 3 is 2.11 bits per heavy atom. The molecule has 2 N–H and O–H groups in total. The molecule has 0 aliphatic rings. The first-order valence-corrected chi connectivity index (χ1v) is 5.66. The summed E-state index contributed by atoms with van der Waals surface area (Å²) in [5, 5.41) is 7.53. The number of nitrogens with two attached hydrogens (primary N) is 1. The van der Waals surface area contributed by atoms with Gasteiger partial charge in [-0.3, -0.25) is 4.57 Å². The molecule has 0 unspecified atom stereocenters. The molecule has 0 radical (unpaired) electrons. The Balaban J connectivity index is 1.97. The normalized spacial score (nSPS) is 10.4. The minimum atomic E-state index is 0.391. The first-order valence-electron chi connectivity index (χ1n) is 5.66. The second-order valence-corrected chi connectivity index (χ2v) is 3.97. The molecular weight excluding hydrogens is 224 g/mol. The molecule has 4 nitrogen and oxygen atoms in total. The van der Waals surface area contributed by atoms with E-state index in [1.54, 1.807) is 10.9 Å². The third-order valence-corrected chi connectivity index (χ3v) is 2.83. The highest BCUT2D eigenvalue weighted by Gasteiger charge is 2.02. The summed E-state index contributed by atoms with van der Waals surface area (Å²) in [7, 11) is 0. The maximum Gasteiger partial charge on any atom is 0.226 e. The van der Waals surface area contributed by atoms with Crippen LogP contribution in [-0.4, -0.2) is 14.8 Å². The molecule has 0 saturated heterocycles. The number of hydrogen-bond donors (Lipinski definition) is 1. The highest BCUT2D eigenvalue weighted by molar-refractivity contribution is 5.64. The van der Waals surface area contributed by atoms with Crippen molar-refractivity contribution in [3.05, 3.63) is 60.9 Å². The summed E-state index contributed by atoms with van der Waals surface area (Å²) in [5.41, 5.74) is 9.03. The molecule has 2 aromatic carbocycles. The van der Waals surface area contributed by atoms with Gasteiger partial charge in [-0.25, -0.2) is 0 Å². The summed E-state index contributed by atoms with van der Waals surface area (Å²) in [6.07, 6.45) is 1.60. The van der Waals surface area contributed by atoms with Crippen molar-refractivity contribution in [2.24, 2.45) is 0 Å². The molecular formula is C14H12N4. The summed E-state index contributed by atoms with van der Waals surface area (Å²) < 4.78 is 1.74. The number of nitrogen functional groups attached to an aromatic ring is 1. The lowest BCUT2D eigenvalue weighted by Crippen LogP contribution is -1.99. The Morgan fingerprint density at radius 2 is 1.50 bits per heavy atom. The molecule has 0 aliphatic heterocycles. The number of rotatable bonds is 2. The predicted molar refractivity (Wildman–Crippen MR) is 71.2 cm³/mol. The predicted octanol–water partition coefficient (Wildman–Crippen LogP) is 2.52. The molecule has 4 heteroatoms. The third-order valence-electron chi connectivity index (χ3n) is 2.83. The zero-order chi connectivity index (χ0) is 12.4. The third kappa shape index (κ3) is 1.84. The van der Waals surface area contributed by atoms with Gasteiger partial charge in [-0.2, -0.15) is 0 Å². The van der Waals surface area contributed by atoms with E-state index in [0.29, 0.717) is 5.95 Å². The van der Waals surface area contributed by atoms with Gasteiger partial charge in [0.25, 0.3) is 0 Å². The van der Waals surface area contributed by atoms with Crippen LogP contribution >= 0.6 is 0 Å². The Bertz CT molecular complexity index is 641. The van der Waals surface area contributed by atoms with E-state index in [1.807, 2.05) is 30.3 Å². The summed E-state index contributed by atoms with van der Waals surface area (Å²) in [4.78, 5) is 0. The molecule has 0 spiro atoms. The fourth-order valence-corrected chi connectivity index (χ4v) is 1.89. The number of aromatic nitrogens is 3. The van der Waals surface area contributed by atoms with Crippen molar-refractivity contribution in [3.63, 3.8) is 0 Å². The van der Waals surface area contributed by atoms with Crippen LogP contribution in [0.2, 0.25) is 0 Å². The second-order valence-electron chi connectivity index (χ2n) is 3.97. The summed E-state index contributed by atoms with van der Waals surface area (Å²) in [5.74, 6) is 0.391. The van der Waals surface area contributed by atoms with Gasteiger partial charge >= 0.3 is 0 Å². The number of anilines is 1. The maximum atomic E-state index is 5.71. The molecule has 3 rings (SSSR count). The lowest BCUT2D eigenvalue weighted by molar-refractivity contribution is 1.07. The van der Waals surface area contributed by atoms with Crippen molar-refractivity contribution in [1.29, 1.82) is 0 Å².